The van der Waals surface area contributed by atoms with Crippen molar-refractivity contribution in [2.45, 2.75) is 52.3 Å². The molecule has 4 heterocycles. The molecule has 2 aliphatic rings. The van der Waals surface area contributed by atoms with Crippen LogP contribution in [-0.4, -0.2) is 48.1 Å². The Balaban J connectivity index is 1.34. The van der Waals surface area contributed by atoms with Crippen LogP contribution < -0.4 is 9.64 Å². The molecule has 0 saturated carbocycles. The Kier molecular flexibility index (Phi) is 8.11. The lowest BCUT2D eigenvalue weighted by Crippen LogP contribution is -2.41. The predicted molar refractivity (Wildman–Crippen MR) is 161 cm³/mol. The van der Waals surface area contributed by atoms with Gasteiger partial charge in [-0.2, -0.15) is 0 Å². The van der Waals surface area contributed by atoms with Gasteiger partial charge in [0.2, 0.25) is 5.88 Å². The normalized spacial score (nSPS) is 15.8. The highest BCUT2D eigenvalue weighted by Gasteiger charge is 2.34. The summed E-state index contributed by atoms with van der Waals surface area (Å²) in [5.74, 6) is 0.305. The van der Waals surface area contributed by atoms with E-state index in [0.29, 0.717) is 59.9 Å². The first-order chi connectivity index (χ1) is 20.0. The predicted octanol–water partition coefficient (Wildman–Crippen LogP) is 7.23. The fraction of sp³-hybridized carbons (Fsp3) is 0.375. The summed E-state index contributed by atoms with van der Waals surface area (Å²) in [6.07, 6.45) is 4.06. The lowest BCUT2D eigenvalue weighted by atomic mass is 9.96. The van der Waals surface area contributed by atoms with Gasteiger partial charge in [-0.05, 0) is 56.4 Å². The highest BCUT2D eigenvalue weighted by Crippen LogP contribution is 2.41. The Morgan fingerprint density at radius 2 is 1.93 bits per heavy atom. The molecular weight excluding hydrogens is 561 g/mol. The SMILES string of the molecule is CCN(c1cc(Cl)c2c(c1Cl)C(=O)N(Cc1c(OCc3ccccc3)nc(C)c3ccoc13)CC2)C1CCOCC1. The van der Waals surface area contributed by atoms with Crippen LogP contribution >= 0.6 is 23.2 Å². The molecule has 214 valence electrons. The monoisotopic (exact) mass is 593 g/mol. The Labute approximate surface area is 249 Å². The zero-order valence-corrected chi connectivity index (χ0v) is 24.8. The van der Waals surface area contributed by atoms with E-state index in [1.54, 1.807) is 11.2 Å². The molecule has 1 saturated heterocycles. The second-order valence-corrected chi connectivity index (χ2v) is 11.4. The van der Waals surface area contributed by atoms with Crippen molar-refractivity contribution in [1.29, 1.82) is 0 Å². The zero-order chi connectivity index (χ0) is 28.5. The van der Waals surface area contributed by atoms with E-state index in [0.717, 1.165) is 52.8 Å². The van der Waals surface area contributed by atoms with Gasteiger partial charge in [-0.25, -0.2) is 4.98 Å². The molecule has 2 aliphatic heterocycles. The van der Waals surface area contributed by atoms with Gasteiger partial charge in [0.1, 0.15) is 12.2 Å². The number of halogens is 2. The van der Waals surface area contributed by atoms with Crippen molar-refractivity contribution >= 4 is 45.8 Å². The third kappa shape index (κ3) is 5.39. The summed E-state index contributed by atoms with van der Waals surface area (Å²) in [6.45, 7) is 7.33. The van der Waals surface area contributed by atoms with Crippen LogP contribution in [0.15, 0.2) is 53.1 Å². The van der Waals surface area contributed by atoms with E-state index in [-0.39, 0.29) is 18.5 Å². The molecule has 6 rings (SSSR count). The molecule has 0 N–H and O–H groups in total. The lowest BCUT2D eigenvalue weighted by molar-refractivity contribution is 0.0725. The molecule has 7 nitrogen and oxygen atoms in total. The standard InChI is InChI=1S/C32H33Cl2N3O4/c1-3-37(22-10-14-39-15-11-22)27-17-26(33)24-9-13-36(32(38)28(24)29(27)34)18-25-30-23(12-16-40-30)20(2)35-31(25)41-19-21-7-5-4-6-8-21/h4-8,12,16-17,22H,3,9-11,13-15,18-19H2,1-2H3. The van der Waals surface area contributed by atoms with Crippen LogP contribution in [-0.2, 0) is 24.3 Å². The lowest BCUT2D eigenvalue weighted by Gasteiger charge is -2.37. The van der Waals surface area contributed by atoms with Gasteiger partial charge < -0.3 is 23.7 Å². The van der Waals surface area contributed by atoms with Crippen LogP contribution in [0.4, 0.5) is 5.69 Å². The second kappa shape index (κ2) is 11.9. The quantitative estimate of drug-likeness (QED) is 0.215. The Morgan fingerprint density at radius 3 is 2.68 bits per heavy atom. The first-order valence-electron chi connectivity index (χ1n) is 14.1. The maximum atomic E-state index is 14.1. The number of aromatic nitrogens is 1. The van der Waals surface area contributed by atoms with Crippen LogP contribution in [0.3, 0.4) is 0 Å². The third-order valence-corrected chi connectivity index (χ3v) is 8.86. The number of carbonyl (C=O) groups excluding carboxylic acids is 1. The molecule has 0 aliphatic carbocycles. The molecule has 9 heteroatoms. The summed E-state index contributed by atoms with van der Waals surface area (Å²) >= 11 is 13.9. The van der Waals surface area contributed by atoms with Gasteiger partial charge in [-0.1, -0.05) is 53.5 Å². The van der Waals surface area contributed by atoms with Crippen molar-refractivity contribution in [2.24, 2.45) is 0 Å². The van der Waals surface area contributed by atoms with E-state index in [1.807, 2.05) is 49.4 Å². The summed E-state index contributed by atoms with van der Waals surface area (Å²) in [4.78, 5) is 22.9. The summed E-state index contributed by atoms with van der Waals surface area (Å²) in [5.41, 5.74) is 5.33. The number of ether oxygens (including phenoxy) is 2. The van der Waals surface area contributed by atoms with Crippen LogP contribution in [0.25, 0.3) is 11.0 Å². The molecule has 2 aromatic heterocycles. The number of pyridine rings is 1. The summed E-state index contributed by atoms with van der Waals surface area (Å²) in [6, 6.07) is 14.0. The minimum atomic E-state index is -0.155. The van der Waals surface area contributed by atoms with E-state index in [2.05, 4.69) is 11.8 Å². The number of fused-ring (bicyclic) bond motifs is 2. The Hall–Kier alpha value is -3.26. The molecule has 1 fully saturated rings. The van der Waals surface area contributed by atoms with Crippen molar-refractivity contribution in [3.63, 3.8) is 0 Å². The summed E-state index contributed by atoms with van der Waals surface area (Å²) in [7, 11) is 0. The van der Waals surface area contributed by atoms with Crippen LogP contribution in [0.2, 0.25) is 10.0 Å². The Bertz CT molecular complexity index is 1570. The minimum absolute atomic E-state index is 0.155. The van der Waals surface area contributed by atoms with Crippen molar-refractivity contribution < 1.29 is 18.7 Å². The maximum absolute atomic E-state index is 14.1. The number of rotatable bonds is 8. The number of nitrogens with zero attached hydrogens (tertiary/aromatic N) is 3. The zero-order valence-electron chi connectivity index (χ0n) is 23.3. The number of carbonyl (C=O) groups is 1. The van der Waals surface area contributed by atoms with Crippen molar-refractivity contribution in [2.75, 3.05) is 31.2 Å². The fourth-order valence-electron chi connectivity index (χ4n) is 5.99. The van der Waals surface area contributed by atoms with Crippen LogP contribution in [0, 0.1) is 6.92 Å². The highest BCUT2D eigenvalue weighted by molar-refractivity contribution is 6.39. The van der Waals surface area contributed by atoms with Gasteiger partial charge >= 0.3 is 0 Å². The molecule has 0 unspecified atom stereocenters. The van der Waals surface area contributed by atoms with Crippen LogP contribution in [0.1, 0.15) is 52.5 Å². The van der Waals surface area contributed by atoms with E-state index < -0.39 is 0 Å². The van der Waals surface area contributed by atoms with Crippen LogP contribution in [0.5, 0.6) is 5.88 Å². The van der Waals surface area contributed by atoms with Crippen molar-refractivity contribution in [3.8, 4) is 5.88 Å². The molecule has 41 heavy (non-hydrogen) atoms. The highest BCUT2D eigenvalue weighted by atomic mass is 35.5. The molecule has 0 bridgehead atoms. The molecule has 4 aromatic rings. The van der Waals surface area contributed by atoms with E-state index in [1.165, 1.54) is 0 Å². The van der Waals surface area contributed by atoms with E-state index in [9.17, 15) is 4.79 Å². The number of benzene rings is 2. The van der Waals surface area contributed by atoms with Crippen molar-refractivity contribution in [3.05, 3.63) is 86.7 Å². The summed E-state index contributed by atoms with van der Waals surface area (Å²) < 4.78 is 17.7. The molecule has 0 radical (unpaired) electrons. The molecule has 0 spiro atoms. The molecule has 0 atom stereocenters. The molecule has 2 aromatic carbocycles. The smallest absolute Gasteiger partial charge is 0.256 e. The van der Waals surface area contributed by atoms with Gasteiger partial charge in [0.25, 0.3) is 5.91 Å². The van der Waals surface area contributed by atoms with E-state index in [4.69, 9.17) is 42.1 Å². The van der Waals surface area contributed by atoms with Gasteiger partial charge in [-0.15, -0.1) is 0 Å². The first-order valence-corrected chi connectivity index (χ1v) is 14.9. The number of aryl methyl sites for hydroxylation is 1. The fourth-order valence-corrected chi connectivity index (χ4v) is 6.64. The number of hydrogen-bond donors (Lipinski definition) is 0. The summed E-state index contributed by atoms with van der Waals surface area (Å²) in [5, 5.41) is 1.93. The van der Waals surface area contributed by atoms with E-state index >= 15 is 0 Å². The van der Waals surface area contributed by atoms with Gasteiger partial charge in [0.15, 0.2) is 0 Å². The van der Waals surface area contributed by atoms with Crippen molar-refractivity contribution in [1.82, 2.24) is 9.88 Å². The average molecular weight is 595 g/mol. The maximum Gasteiger partial charge on any atom is 0.256 e. The number of anilines is 1. The number of hydrogen-bond acceptors (Lipinski definition) is 6. The second-order valence-electron chi connectivity index (χ2n) is 10.6. The first kappa shape index (κ1) is 27.9. The van der Waals surface area contributed by atoms with Gasteiger partial charge in [-0.3, -0.25) is 4.79 Å². The van der Waals surface area contributed by atoms with Gasteiger partial charge in [0.05, 0.1) is 40.3 Å². The average Bonchev–Trinajstić information content (AvgIpc) is 3.49. The minimum Gasteiger partial charge on any atom is -0.472 e. The molecular formula is C32H33Cl2N3O4. The number of amides is 1. The van der Waals surface area contributed by atoms with Gasteiger partial charge in [0, 0.05) is 42.8 Å². The topological polar surface area (TPSA) is 68.0 Å². The Morgan fingerprint density at radius 1 is 1.15 bits per heavy atom. The number of furan rings is 1. The largest absolute Gasteiger partial charge is 0.472 e. The third-order valence-electron chi connectivity index (χ3n) is 8.14. The molecule has 1 amide bonds.